The molecule has 200 valence electrons. The van der Waals surface area contributed by atoms with Crippen molar-refractivity contribution in [2.24, 2.45) is 0 Å². The second-order valence-electron chi connectivity index (χ2n) is 9.22. The zero-order valence-corrected chi connectivity index (χ0v) is 22.5. The van der Waals surface area contributed by atoms with Crippen molar-refractivity contribution in [2.75, 3.05) is 7.11 Å². The van der Waals surface area contributed by atoms with Gasteiger partial charge in [0.05, 0.1) is 23.6 Å². The van der Waals surface area contributed by atoms with E-state index in [0.29, 0.717) is 28.2 Å². The summed E-state index contributed by atoms with van der Waals surface area (Å²) in [7, 11) is -3.00. The molecule has 10 heteroatoms. The molecule has 0 fully saturated rings. The van der Waals surface area contributed by atoms with Crippen molar-refractivity contribution in [1.29, 1.82) is 0 Å². The maximum absolute atomic E-state index is 12.1. The number of hydrogen-bond acceptors (Lipinski definition) is 6. The predicted octanol–water partition coefficient (Wildman–Crippen LogP) is 7.33. The number of hydrogen-bond donors (Lipinski definition) is 3. The monoisotopic (exact) mass is 572 g/mol. The van der Waals surface area contributed by atoms with E-state index >= 15 is 0 Å². The first-order chi connectivity index (χ1) is 18.8. The number of aromatic hydroxyl groups is 1. The lowest BCUT2D eigenvalue weighted by Crippen LogP contribution is -1.99. The number of nitrogens with zero attached hydrogens (tertiary/aromatic N) is 1. The number of halogens is 1. The number of imidazole rings is 1. The van der Waals surface area contributed by atoms with Crippen LogP contribution >= 0.6 is 12.4 Å². The number of furan rings is 1. The summed E-state index contributed by atoms with van der Waals surface area (Å²) in [5.41, 5.74) is 4.85. The van der Waals surface area contributed by atoms with Crippen LogP contribution in [-0.4, -0.2) is 35.2 Å². The van der Waals surface area contributed by atoms with Gasteiger partial charge in [0.2, 0.25) is 0 Å². The highest BCUT2D eigenvalue weighted by Gasteiger charge is 2.22. The number of benzene rings is 5. The average Bonchev–Trinajstić information content (AvgIpc) is 3.53. The Labute approximate surface area is 234 Å². The highest BCUT2D eigenvalue weighted by molar-refractivity contribution is 7.86. The van der Waals surface area contributed by atoms with Crippen molar-refractivity contribution in [1.82, 2.24) is 9.97 Å². The number of para-hydroxylation sites is 1. The van der Waals surface area contributed by atoms with Gasteiger partial charge in [0.25, 0.3) is 10.1 Å². The minimum Gasteiger partial charge on any atom is -0.507 e. The fourth-order valence-electron chi connectivity index (χ4n) is 5.30. The molecule has 0 saturated carbocycles. The minimum absolute atomic E-state index is 0. The third-order valence-electron chi connectivity index (χ3n) is 7.00. The van der Waals surface area contributed by atoms with Crippen molar-refractivity contribution in [3.63, 3.8) is 0 Å². The van der Waals surface area contributed by atoms with E-state index in [2.05, 4.69) is 4.98 Å². The van der Waals surface area contributed by atoms with Crippen molar-refractivity contribution >= 4 is 66.3 Å². The van der Waals surface area contributed by atoms with Crippen LogP contribution < -0.4 is 4.74 Å². The van der Waals surface area contributed by atoms with Gasteiger partial charge in [-0.3, -0.25) is 4.55 Å². The van der Waals surface area contributed by atoms with Gasteiger partial charge in [-0.15, -0.1) is 12.4 Å². The van der Waals surface area contributed by atoms with Gasteiger partial charge in [-0.25, -0.2) is 4.98 Å². The zero-order chi connectivity index (χ0) is 26.9. The second kappa shape index (κ2) is 9.27. The number of methoxy groups -OCH3 is 1. The number of phenols is 1. The molecule has 2 heterocycles. The second-order valence-corrected chi connectivity index (χ2v) is 10.6. The Balaban J connectivity index is 0.00000289. The first kappa shape index (κ1) is 25.7. The standard InChI is InChI=1S/C30H20N2O6S.ClH/c1-37-25-14-16(17-7-5-11-24-27(17)18-6-2-3-10-23(18)38-24)12-13-19(25)30-31-21-15-26(39(34,35)36)20-8-4-9-22(33)28(20)29(21)32-30;/h2-15,33H,1H3,(H,31,32)(H,34,35,36);1H. The molecule has 0 unspecified atom stereocenters. The lowest BCUT2D eigenvalue weighted by molar-refractivity contribution is 0.416. The van der Waals surface area contributed by atoms with Crippen molar-refractivity contribution < 1.29 is 27.2 Å². The molecule has 0 aliphatic heterocycles. The van der Waals surface area contributed by atoms with Crippen LogP contribution in [0.15, 0.2) is 94.2 Å². The number of aromatic nitrogens is 2. The number of fused-ring (bicyclic) bond motifs is 6. The topological polar surface area (TPSA) is 126 Å². The van der Waals surface area contributed by atoms with Crippen LogP contribution in [0, 0.1) is 0 Å². The van der Waals surface area contributed by atoms with Gasteiger partial charge in [-0.2, -0.15) is 8.42 Å². The molecule has 0 atom stereocenters. The lowest BCUT2D eigenvalue weighted by atomic mass is 9.98. The van der Waals surface area contributed by atoms with Crippen LogP contribution in [0.2, 0.25) is 0 Å². The number of phenolic OH excluding ortho intramolecular Hbond substituents is 1. The lowest BCUT2D eigenvalue weighted by Gasteiger charge is -2.10. The molecular weight excluding hydrogens is 552 g/mol. The Hall–Kier alpha value is -4.57. The molecule has 0 spiro atoms. The Morgan fingerprint density at radius 1 is 0.850 bits per heavy atom. The van der Waals surface area contributed by atoms with Gasteiger partial charge in [-0.05, 0) is 47.5 Å². The molecule has 0 amide bonds. The molecule has 0 radical (unpaired) electrons. The number of rotatable bonds is 4. The normalized spacial score (nSPS) is 11.8. The molecule has 0 aliphatic carbocycles. The van der Waals surface area contributed by atoms with Crippen LogP contribution in [0.3, 0.4) is 0 Å². The first-order valence-corrected chi connectivity index (χ1v) is 13.5. The maximum Gasteiger partial charge on any atom is 0.295 e. The van der Waals surface area contributed by atoms with E-state index < -0.39 is 10.1 Å². The van der Waals surface area contributed by atoms with Gasteiger partial charge >= 0.3 is 0 Å². The van der Waals surface area contributed by atoms with E-state index in [1.54, 1.807) is 7.11 Å². The summed E-state index contributed by atoms with van der Waals surface area (Å²) >= 11 is 0. The minimum atomic E-state index is -4.56. The molecule has 0 saturated heterocycles. The highest BCUT2D eigenvalue weighted by Crippen LogP contribution is 2.41. The van der Waals surface area contributed by atoms with Gasteiger partial charge in [0.15, 0.2) is 0 Å². The van der Waals surface area contributed by atoms with Crippen molar-refractivity contribution in [3.8, 4) is 34.0 Å². The van der Waals surface area contributed by atoms with Crippen molar-refractivity contribution in [3.05, 3.63) is 84.9 Å². The van der Waals surface area contributed by atoms with Crippen LogP contribution in [0.25, 0.3) is 66.3 Å². The van der Waals surface area contributed by atoms with Crippen LogP contribution in [0.1, 0.15) is 0 Å². The Morgan fingerprint density at radius 2 is 1.60 bits per heavy atom. The number of aromatic amines is 1. The first-order valence-electron chi connectivity index (χ1n) is 12.0. The molecule has 40 heavy (non-hydrogen) atoms. The third-order valence-corrected chi connectivity index (χ3v) is 7.89. The van der Waals surface area contributed by atoms with Crippen molar-refractivity contribution in [2.45, 2.75) is 4.90 Å². The maximum atomic E-state index is 12.1. The van der Waals surface area contributed by atoms with Gasteiger partial charge in [-0.1, -0.05) is 48.5 Å². The number of ether oxygens (including phenoxy) is 1. The largest absolute Gasteiger partial charge is 0.507 e. The summed E-state index contributed by atoms with van der Waals surface area (Å²) in [6.45, 7) is 0. The van der Waals surface area contributed by atoms with E-state index in [1.165, 1.54) is 24.3 Å². The summed E-state index contributed by atoms with van der Waals surface area (Å²) in [6, 6.07) is 25.4. The zero-order valence-electron chi connectivity index (χ0n) is 20.9. The van der Waals surface area contributed by atoms with E-state index in [1.807, 2.05) is 60.7 Å². The molecule has 5 aromatic carbocycles. The van der Waals surface area contributed by atoms with Gasteiger partial charge in [0.1, 0.15) is 38.9 Å². The van der Waals surface area contributed by atoms with E-state index in [4.69, 9.17) is 14.1 Å². The molecule has 2 aromatic heterocycles. The number of nitrogens with one attached hydrogen (secondary N) is 1. The number of H-pyrrole nitrogens is 1. The van der Waals surface area contributed by atoms with Gasteiger partial charge in [0, 0.05) is 16.2 Å². The molecule has 7 rings (SSSR count). The molecule has 0 aliphatic rings. The van der Waals surface area contributed by atoms with E-state index in [0.717, 1.165) is 33.1 Å². The average molecular weight is 573 g/mol. The molecular formula is C30H21ClN2O6S. The highest BCUT2D eigenvalue weighted by atomic mass is 35.5. The fourth-order valence-corrected chi connectivity index (χ4v) is 6.01. The van der Waals surface area contributed by atoms with E-state index in [9.17, 15) is 18.1 Å². The summed E-state index contributed by atoms with van der Waals surface area (Å²) < 4.78 is 45.9. The Kier molecular flexibility index (Phi) is 5.95. The van der Waals surface area contributed by atoms with Gasteiger partial charge < -0.3 is 19.2 Å². The Morgan fingerprint density at radius 3 is 2.40 bits per heavy atom. The predicted molar refractivity (Wildman–Crippen MR) is 157 cm³/mol. The Bertz CT molecular complexity index is 2220. The third kappa shape index (κ3) is 3.86. The summed E-state index contributed by atoms with van der Waals surface area (Å²) in [4.78, 5) is 7.52. The van der Waals surface area contributed by atoms with E-state index in [-0.39, 0.29) is 33.8 Å². The molecule has 8 nitrogen and oxygen atoms in total. The fraction of sp³-hybridized carbons (Fsp3) is 0.0333. The summed E-state index contributed by atoms with van der Waals surface area (Å²) in [6.07, 6.45) is 0. The quantitative estimate of drug-likeness (QED) is 0.188. The van der Waals surface area contributed by atoms with Crippen LogP contribution in [-0.2, 0) is 10.1 Å². The summed E-state index contributed by atoms with van der Waals surface area (Å²) in [5, 5.41) is 13.0. The van der Waals surface area contributed by atoms with Crippen LogP contribution in [0.4, 0.5) is 0 Å². The molecule has 0 bridgehead atoms. The molecule has 7 aromatic rings. The summed E-state index contributed by atoms with van der Waals surface area (Å²) in [5.74, 6) is 0.807. The smallest absolute Gasteiger partial charge is 0.295 e. The SMILES string of the molecule is COc1cc(-c2cccc3oc4ccccc4c23)ccc1-c1nc2c(cc(S(=O)(=O)O)c3cccc(O)c32)[nH]1.Cl. The molecule has 3 N–H and O–H groups in total. The van der Waals surface area contributed by atoms with Crippen LogP contribution in [0.5, 0.6) is 11.5 Å².